The summed E-state index contributed by atoms with van der Waals surface area (Å²) in [5, 5.41) is 0. The standard InChI is InChI=1S/C11H23O8P/c1-3-4-15-6-9-18-20(13,14)19-10-7-16-5-8-17-11(2)12/h3-10H2,1-2H3,(H,13,14). The zero-order chi connectivity index (χ0) is 15.3. The van der Waals surface area contributed by atoms with Gasteiger partial charge in [0.1, 0.15) is 6.61 Å². The second-order valence-corrected chi connectivity index (χ2v) is 5.15. The molecule has 0 fully saturated rings. The van der Waals surface area contributed by atoms with Gasteiger partial charge in [0.25, 0.3) is 0 Å². The van der Waals surface area contributed by atoms with Gasteiger partial charge in [0.2, 0.25) is 0 Å². The van der Waals surface area contributed by atoms with Gasteiger partial charge < -0.3 is 19.1 Å². The summed E-state index contributed by atoms with van der Waals surface area (Å²) in [5.74, 6) is -0.386. The number of hydrogen-bond acceptors (Lipinski definition) is 7. The maximum absolute atomic E-state index is 11.4. The Bertz CT molecular complexity index is 296. The van der Waals surface area contributed by atoms with Gasteiger partial charge in [-0.15, -0.1) is 0 Å². The van der Waals surface area contributed by atoms with Crippen molar-refractivity contribution in [2.45, 2.75) is 20.3 Å². The highest BCUT2D eigenvalue weighted by Crippen LogP contribution is 2.42. The highest BCUT2D eigenvalue weighted by Gasteiger charge is 2.20. The molecule has 1 atom stereocenters. The second-order valence-electron chi connectivity index (χ2n) is 3.70. The molecule has 1 unspecified atom stereocenters. The number of esters is 1. The largest absolute Gasteiger partial charge is 0.472 e. The first-order chi connectivity index (χ1) is 9.48. The van der Waals surface area contributed by atoms with Gasteiger partial charge in [0.05, 0.1) is 33.0 Å². The lowest BCUT2D eigenvalue weighted by molar-refractivity contribution is -0.142. The molecule has 1 N–H and O–H groups in total. The zero-order valence-electron chi connectivity index (χ0n) is 11.9. The van der Waals surface area contributed by atoms with Crippen molar-refractivity contribution >= 4 is 13.8 Å². The van der Waals surface area contributed by atoms with Gasteiger partial charge in [0.15, 0.2) is 0 Å². The van der Waals surface area contributed by atoms with Crippen LogP contribution in [0.2, 0.25) is 0 Å². The molecule has 120 valence electrons. The first kappa shape index (κ1) is 19.5. The van der Waals surface area contributed by atoms with Gasteiger partial charge in [-0.25, -0.2) is 4.57 Å². The minimum atomic E-state index is -4.06. The zero-order valence-corrected chi connectivity index (χ0v) is 12.8. The van der Waals surface area contributed by atoms with Crippen LogP contribution in [0.4, 0.5) is 0 Å². The smallest absolute Gasteiger partial charge is 0.463 e. The van der Waals surface area contributed by atoms with Crippen molar-refractivity contribution in [2.24, 2.45) is 0 Å². The molecule has 0 saturated carbocycles. The number of phosphoric acid groups is 1. The average molecular weight is 314 g/mol. The summed E-state index contributed by atoms with van der Waals surface area (Å²) in [4.78, 5) is 19.7. The van der Waals surface area contributed by atoms with Gasteiger partial charge in [0, 0.05) is 13.5 Å². The summed E-state index contributed by atoms with van der Waals surface area (Å²) in [6.45, 7) is 4.40. The number of hydrogen-bond donors (Lipinski definition) is 1. The lowest BCUT2D eigenvalue weighted by atomic mass is 10.5. The molecule has 0 aliphatic rings. The number of rotatable bonds is 13. The van der Waals surface area contributed by atoms with E-state index in [0.29, 0.717) is 6.61 Å². The van der Waals surface area contributed by atoms with Gasteiger partial charge in [-0.2, -0.15) is 0 Å². The van der Waals surface area contributed by atoms with E-state index >= 15 is 0 Å². The number of carbonyl (C=O) groups is 1. The number of phosphoric ester groups is 1. The lowest BCUT2D eigenvalue weighted by Gasteiger charge is -2.12. The van der Waals surface area contributed by atoms with Crippen LogP contribution in [0, 0.1) is 0 Å². The van der Waals surface area contributed by atoms with E-state index in [1.165, 1.54) is 6.92 Å². The van der Waals surface area contributed by atoms with Crippen molar-refractivity contribution in [1.29, 1.82) is 0 Å². The van der Waals surface area contributed by atoms with Crippen LogP contribution in [0.25, 0.3) is 0 Å². The van der Waals surface area contributed by atoms with E-state index in [1.807, 2.05) is 6.92 Å². The number of ether oxygens (including phenoxy) is 3. The highest BCUT2D eigenvalue weighted by atomic mass is 31.2. The molecule has 0 aliphatic heterocycles. The summed E-state index contributed by atoms with van der Waals surface area (Å²) in [5.41, 5.74) is 0. The molecule has 0 radical (unpaired) electrons. The highest BCUT2D eigenvalue weighted by molar-refractivity contribution is 7.47. The van der Waals surface area contributed by atoms with Crippen LogP contribution in [0.3, 0.4) is 0 Å². The molecule has 8 nitrogen and oxygen atoms in total. The normalized spacial score (nSPS) is 13.9. The Balaban J connectivity index is 3.43. The topological polar surface area (TPSA) is 101 Å². The van der Waals surface area contributed by atoms with Crippen LogP contribution in [-0.2, 0) is 32.6 Å². The lowest BCUT2D eigenvalue weighted by Crippen LogP contribution is -2.11. The predicted molar refractivity (Wildman–Crippen MR) is 70.3 cm³/mol. The van der Waals surface area contributed by atoms with Crippen molar-refractivity contribution in [1.82, 2.24) is 0 Å². The molecular formula is C11H23O8P. The molecule has 0 saturated heterocycles. The maximum Gasteiger partial charge on any atom is 0.472 e. The minimum Gasteiger partial charge on any atom is -0.463 e. The van der Waals surface area contributed by atoms with Crippen molar-refractivity contribution in [3.63, 3.8) is 0 Å². The second kappa shape index (κ2) is 12.3. The van der Waals surface area contributed by atoms with Crippen molar-refractivity contribution in [3.8, 4) is 0 Å². The third-order valence-corrected chi connectivity index (χ3v) is 2.86. The van der Waals surface area contributed by atoms with Gasteiger partial charge in [-0.1, -0.05) is 6.92 Å². The molecule has 0 spiro atoms. The maximum atomic E-state index is 11.4. The molecule has 0 aromatic carbocycles. The van der Waals surface area contributed by atoms with Crippen LogP contribution in [-0.4, -0.2) is 57.1 Å². The third-order valence-electron chi connectivity index (χ3n) is 1.85. The molecule has 0 aliphatic carbocycles. The van der Waals surface area contributed by atoms with Crippen LogP contribution >= 0.6 is 7.82 Å². The summed E-state index contributed by atoms with van der Waals surface area (Å²) in [6.07, 6.45) is 0.873. The fourth-order valence-electron chi connectivity index (χ4n) is 1.05. The summed E-state index contributed by atoms with van der Waals surface area (Å²) >= 11 is 0. The molecule has 0 heterocycles. The molecule has 0 amide bonds. The van der Waals surface area contributed by atoms with E-state index in [0.717, 1.165) is 6.42 Å². The first-order valence-corrected chi connectivity index (χ1v) is 7.88. The van der Waals surface area contributed by atoms with Gasteiger partial charge >= 0.3 is 13.8 Å². The van der Waals surface area contributed by atoms with E-state index in [2.05, 4.69) is 13.8 Å². The molecular weight excluding hydrogens is 291 g/mol. The molecule has 0 aromatic heterocycles. The average Bonchev–Trinajstić information content (AvgIpc) is 2.37. The van der Waals surface area contributed by atoms with Crippen LogP contribution < -0.4 is 0 Å². The van der Waals surface area contributed by atoms with Crippen LogP contribution in [0.15, 0.2) is 0 Å². The van der Waals surface area contributed by atoms with E-state index in [1.54, 1.807) is 0 Å². The predicted octanol–water partition coefficient (Wildman–Crippen LogP) is 1.13. The van der Waals surface area contributed by atoms with Crippen molar-refractivity contribution in [3.05, 3.63) is 0 Å². The molecule has 0 rings (SSSR count). The van der Waals surface area contributed by atoms with E-state index in [-0.39, 0.29) is 45.6 Å². The fraction of sp³-hybridized carbons (Fsp3) is 0.909. The fourth-order valence-corrected chi connectivity index (χ4v) is 1.74. The van der Waals surface area contributed by atoms with Crippen LogP contribution in [0.5, 0.6) is 0 Å². The summed E-state index contributed by atoms with van der Waals surface area (Å²) < 4.78 is 35.4. The Labute approximate surface area is 118 Å². The first-order valence-electron chi connectivity index (χ1n) is 6.38. The van der Waals surface area contributed by atoms with E-state index in [4.69, 9.17) is 9.47 Å². The monoisotopic (exact) mass is 314 g/mol. The SMILES string of the molecule is CCCOCCOP(=O)(O)OCCOCCOC(C)=O. The van der Waals surface area contributed by atoms with E-state index < -0.39 is 7.82 Å². The Morgan fingerprint density at radius 2 is 1.45 bits per heavy atom. The Morgan fingerprint density at radius 1 is 0.950 bits per heavy atom. The quantitative estimate of drug-likeness (QED) is 0.307. The summed E-state index contributed by atoms with van der Waals surface area (Å²) in [7, 11) is -4.06. The Morgan fingerprint density at radius 3 is 1.95 bits per heavy atom. The van der Waals surface area contributed by atoms with Crippen molar-refractivity contribution in [2.75, 3.05) is 46.2 Å². The molecule has 9 heteroatoms. The molecule has 0 aromatic rings. The Hall–Kier alpha value is -0.500. The molecule has 20 heavy (non-hydrogen) atoms. The molecule has 0 bridgehead atoms. The van der Waals surface area contributed by atoms with Crippen LogP contribution in [0.1, 0.15) is 20.3 Å². The van der Waals surface area contributed by atoms with Gasteiger partial charge in [-0.05, 0) is 6.42 Å². The van der Waals surface area contributed by atoms with Gasteiger partial charge in [-0.3, -0.25) is 13.8 Å². The summed E-state index contributed by atoms with van der Waals surface area (Å²) in [6, 6.07) is 0. The van der Waals surface area contributed by atoms with E-state index in [9.17, 15) is 14.3 Å². The minimum absolute atomic E-state index is 0.0128. The third kappa shape index (κ3) is 13.9. The Kier molecular flexibility index (Phi) is 12.0. The number of carbonyl (C=O) groups excluding carboxylic acids is 1. The van der Waals surface area contributed by atoms with Crippen molar-refractivity contribution < 1.29 is 37.5 Å².